The minimum Gasteiger partial charge on any atom is -0.449 e. The molecule has 0 radical (unpaired) electrons. The molecule has 0 saturated heterocycles. The Kier molecular flexibility index (Phi) is 6.74. The predicted molar refractivity (Wildman–Crippen MR) is 159 cm³/mol. The maximum atomic E-state index is 11.1. The van der Waals surface area contributed by atoms with Crippen LogP contribution in [0, 0.1) is 6.92 Å². The smallest absolute Gasteiger partial charge is 0.449 e. The van der Waals surface area contributed by atoms with E-state index in [0.717, 1.165) is 68.6 Å². The van der Waals surface area contributed by atoms with Gasteiger partial charge in [0.2, 0.25) is 0 Å². The highest BCUT2D eigenvalue weighted by atomic mass is 16.7. The second kappa shape index (κ2) is 10.7. The van der Waals surface area contributed by atoms with Gasteiger partial charge in [0.1, 0.15) is 11.6 Å². The number of fused-ring (bicyclic) bond motifs is 2. The first kappa shape index (κ1) is 25.3. The molecule has 1 N–H and O–H groups in total. The first-order chi connectivity index (χ1) is 19.5. The van der Waals surface area contributed by atoms with Crippen LogP contribution in [-0.4, -0.2) is 25.8 Å². The van der Waals surface area contributed by atoms with Gasteiger partial charge in [0.05, 0.1) is 16.7 Å². The third-order valence-electron chi connectivity index (χ3n) is 7.23. The molecule has 0 fully saturated rings. The Morgan fingerprint density at radius 1 is 0.925 bits per heavy atom. The zero-order valence-electron chi connectivity index (χ0n) is 22.5. The average Bonchev–Trinajstić information content (AvgIpc) is 3.30. The second-order valence-corrected chi connectivity index (χ2v) is 9.97. The SMILES string of the molecule is CCCc1nc2c(C)cc(-c3nccc4ccccc34)cc2n1Cc1ccc(-c2ccccc2OC(=O)O)cc1. The van der Waals surface area contributed by atoms with Crippen LogP contribution in [0.5, 0.6) is 5.75 Å². The summed E-state index contributed by atoms with van der Waals surface area (Å²) in [4.78, 5) is 21.0. The molecule has 0 aliphatic heterocycles. The molecule has 0 saturated carbocycles. The number of carboxylic acid groups (broad SMARTS) is 1. The summed E-state index contributed by atoms with van der Waals surface area (Å²) in [5, 5.41) is 11.4. The minimum absolute atomic E-state index is 0.318. The summed E-state index contributed by atoms with van der Waals surface area (Å²) in [5.74, 6) is 1.38. The van der Waals surface area contributed by atoms with Gasteiger partial charge in [-0.2, -0.15) is 0 Å². The molecule has 6 aromatic rings. The topological polar surface area (TPSA) is 77.2 Å². The molecule has 6 rings (SSSR count). The van der Waals surface area contributed by atoms with E-state index in [1.54, 1.807) is 12.1 Å². The number of aryl methyl sites for hydroxylation is 2. The van der Waals surface area contributed by atoms with Crippen LogP contribution in [0.25, 0.3) is 44.2 Å². The molecular formula is C34H29N3O3. The second-order valence-electron chi connectivity index (χ2n) is 9.97. The average molecular weight is 528 g/mol. The molecule has 6 nitrogen and oxygen atoms in total. The highest BCUT2D eigenvalue weighted by Gasteiger charge is 2.16. The fourth-order valence-corrected chi connectivity index (χ4v) is 5.38. The molecule has 0 aliphatic rings. The number of nitrogens with zero attached hydrogens (tertiary/aromatic N) is 3. The molecule has 0 unspecified atom stereocenters. The van der Waals surface area contributed by atoms with Crippen LogP contribution >= 0.6 is 0 Å². The molecule has 4 aromatic carbocycles. The van der Waals surface area contributed by atoms with E-state index in [9.17, 15) is 4.79 Å². The fraction of sp³-hybridized carbons (Fsp3) is 0.147. The van der Waals surface area contributed by atoms with E-state index in [0.29, 0.717) is 12.3 Å². The summed E-state index contributed by atoms with van der Waals surface area (Å²) < 4.78 is 7.31. The monoisotopic (exact) mass is 527 g/mol. The van der Waals surface area contributed by atoms with Crippen LogP contribution in [0.1, 0.15) is 30.3 Å². The highest BCUT2D eigenvalue weighted by Crippen LogP contribution is 2.33. The normalized spacial score (nSPS) is 11.2. The molecular weight excluding hydrogens is 498 g/mol. The van der Waals surface area contributed by atoms with E-state index in [1.807, 2.05) is 36.5 Å². The molecule has 40 heavy (non-hydrogen) atoms. The minimum atomic E-state index is -1.33. The number of hydrogen-bond donors (Lipinski definition) is 1. The summed E-state index contributed by atoms with van der Waals surface area (Å²) in [6.07, 6.45) is 2.43. The van der Waals surface area contributed by atoms with Crippen LogP contribution in [0.15, 0.2) is 97.2 Å². The van der Waals surface area contributed by atoms with Gasteiger partial charge in [-0.25, -0.2) is 9.78 Å². The van der Waals surface area contributed by atoms with E-state index < -0.39 is 6.16 Å². The quantitative estimate of drug-likeness (QED) is 0.167. The number of aromatic nitrogens is 3. The lowest BCUT2D eigenvalue weighted by Gasteiger charge is -2.12. The van der Waals surface area contributed by atoms with Gasteiger partial charge in [0, 0.05) is 35.7 Å². The summed E-state index contributed by atoms with van der Waals surface area (Å²) in [5.41, 5.74) is 8.05. The Bertz CT molecular complexity index is 1850. The van der Waals surface area contributed by atoms with Gasteiger partial charge in [-0.3, -0.25) is 4.98 Å². The van der Waals surface area contributed by atoms with Gasteiger partial charge >= 0.3 is 6.16 Å². The summed E-state index contributed by atoms with van der Waals surface area (Å²) >= 11 is 0. The van der Waals surface area contributed by atoms with Gasteiger partial charge in [0.15, 0.2) is 0 Å². The zero-order chi connectivity index (χ0) is 27.6. The van der Waals surface area contributed by atoms with E-state index >= 15 is 0 Å². The molecule has 0 bridgehead atoms. The van der Waals surface area contributed by atoms with Crippen molar-refractivity contribution in [3.8, 4) is 28.1 Å². The van der Waals surface area contributed by atoms with Gasteiger partial charge in [0.25, 0.3) is 0 Å². The van der Waals surface area contributed by atoms with Crippen molar-refractivity contribution in [2.45, 2.75) is 33.2 Å². The molecule has 6 heteroatoms. The number of benzene rings is 4. The van der Waals surface area contributed by atoms with Crippen LogP contribution in [0.2, 0.25) is 0 Å². The molecule has 0 aliphatic carbocycles. The predicted octanol–water partition coefficient (Wildman–Crippen LogP) is 8.28. The number of carbonyl (C=O) groups is 1. The number of ether oxygens (including phenoxy) is 1. The standard InChI is InChI=1S/C34H29N3O3/c1-3-8-31-36-32-22(2)19-26(33-28-11-5-4-9-24(28)17-18-35-33)20-29(32)37(31)21-23-13-15-25(16-14-23)27-10-6-7-12-30(27)40-34(38)39/h4-7,9-20H,3,8,21H2,1-2H3,(H,38,39). The first-order valence-electron chi connectivity index (χ1n) is 13.4. The summed E-state index contributed by atoms with van der Waals surface area (Å²) in [6.45, 7) is 4.97. The number of hydrogen-bond acceptors (Lipinski definition) is 4. The highest BCUT2D eigenvalue weighted by molar-refractivity contribution is 5.97. The van der Waals surface area contributed by atoms with E-state index in [-0.39, 0.29) is 0 Å². The largest absolute Gasteiger partial charge is 0.511 e. The molecule has 2 aromatic heterocycles. The summed E-state index contributed by atoms with van der Waals surface area (Å²) in [6, 6.07) is 30.1. The Hall–Kier alpha value is -4.97. The lowest BCUT2D eigenvalue weighted by molar-refractivity contribution is 0.144. The maximum Gasteiger partial charge on any atom is 0.511 e. The number of pyridine rings is 1. The maximum absolute atomic E-state index is 11.1. The summed E-state index contributed by atoms with van der Waals surface area (Å²) in [7, 11) is 0. The van der Waals surface area contributed by atoms with E-state index in [1.165, 1.54) is 5.39 Å². The molecule has 2 heterocycles. The van der Waals surface area contributed by atoms with Gasteiger partial charge in [-0.1, -0.05) is 73.7 Å². The molecule has 0 atom stereocenters. The Morgan fingerprint density at radius 2 is 1.70 bits per heavy atom. The van der Waals surface area contributed by atoms with Crippen LogP contribution < -0.4 is 4.74 Å². The molecule has 0 amide bonds. The van der Waals surface area contributed by atoms with Crippen molar-refractivity contribution in [3.05, 3.63) is 114 Å². The van der Waals surface area contributed by atoms with Crippen LogP contribution in [-0.2, 0) is 13.0 Å². The van der Waals surface area contributed by atoms with Crippen LogP contribution in [0.3, 0.4) is 0 Å². The fourth-order valence-electron chi connectivity index (χ4n) is 5.38. The van der Waals surface area contributed by atoms with Gasteiger partial charge in [-0.15, -0.1) is 0 Å². The third kappa shape index (κ3) is 4.80. The molecule has 198 valence electrons. The van der Waals surface area contributed by atoms with Gasteiger partial charge in [-0.05, 0) is 59.7 Å². The third-order valence-corrected chi connectivity index (χ3v) is 7.23. The Labute approximate surface area is 232 Å². The van der Waals surface area contributed by atoms with Gasteiger partial charge < -0.3 is 14.4 Å². The van der Waals surface area contributed by atoms with Crippen LogP contribution in [0.4, 0.5) is 4.79 Å². The Morgan fingerprint density at radius 3 is 2.50 bits per heavy atom. The van der Waals surface area contributed by atoms with Crippen molar-refractivity contribution in [2.24, 2.45) is 0 Å². The number of para-hydroxylation sites is 1. The van der Waals surface area contributed by atoms with E-state index in [2.05, 4.69) is 66.9 Å². The van der Waals surface area contributed by atoms with Crippen molar-refractivity contribution >= 4 is 28.0 Å². The Balaban J connectivity index is 1.41. The van der Waals surface area contributed by atoms with Crippen molar-refractivity contribution < 1.29 is 14.6 Å². The lowest BCUT2D eigenvalue weighted by atomic mass is 10.0. The zero-order valence-corrected chi connectivity index (χ0v) is 22.5. The number of rotatable bonds is 7. The van der Waals surface area contributed by atoms with E-state index in [4.69, 9.17) is 19.8 Å². The number of imidazole rings is 1. The van der Waals surface area contributed by atoms with Crippen molar-refractivity contribution in [1.82, 2.24) is 14.5 Å². The van der Waals surface area contributed by atoms with Crippen molar-refractivity contribution in [1.29, 1.82) is 0 Å². The lowest BCUT2D eigenvalue weighted by Crippen LogP contribution is -2.05. The van der Waals surface area contributed by atoms with Crippen molar-refractivity contribution in [3.63, 3.8) is 0 Å². The first-order valence-corrected chi connectivity index (χ1v) is 13.4. The molecule has 0 spiro atoms. The van der Waals surface area contributed by atoms with Crippen molar-refractivity contribution in [2.75, 3.05) is 0 Å².